The molecule has 0 unspecified atom stereocenters. The molecule has 0 atom stereocenters. The maximum absolute atomic E-state index is 12.5. The fraction of sp³-hybridized carbons (Fsp3) is 0.333. The summed E-state index contributed by atoms with van der Waals surface area (Å²) in [5.41, 5.74) is 4.68. The van der Waals surface area contributed by atoms with Gasteiger partial charge in [-0.05, 0) is 71.1 Å². The Balaban J connectivity index is 1.68. The molecule has 0 aromatic heterocycles. The van der Waals surface area contributed by atoms with E-state index in [4.69, 9.17) is 16.7 Å². The van der Waals surface area contributed by atoms with Gasteiger partial charge < -0.3 is 4.74 Å². The standard InChI is InChI=1S/C21H19ClF3NO3S/c22-18-9-15(5-6-19(18)29-21(23,24)25)17-11-20(7-8-20)10-16(17)14-3-1-13(2-4-14)12-30(26,27)28/h1-6,9H,7-8,10-12H2,(H2,26,27,28). The minimum atomic E-state index is -4.81. The van der Waals surface area contributed by atoms with Crippen LogP contribution in [0.3, 0.4) is 0 Å². The molecule has 2 aromatic rings. The summed E-state index contributed by atoms with van der Waals surface area (Å²) < 4.78 is 64.1. The van der Waals surface area contributed by atoms with Gasteiger partial charge in [0.25, 0.3) is 0 Å². The molecular formula is C21H19ClF3NO3S. The van der Waals surface area contributed by atoms with E-state index < -0.39 is 22.1 Å². The Kier molecular flexibility index (Phi) is 5.15. The van der Waals surface area contributed by atoms with Crippen LogP contribution in [0.5, 0.6) is 5.75 Å². The molecule has 2 aromatic carbocycles. The van der Waals surface area contributed by atoms with Crippen molar-refractivity contribution in [3.8, 4) is 5.75 Å². The summed E-state index contributed by atoms with van der Waals surface area (Å²) in [7, 11) is -3.61. The third-order valence-corrected chi connectivity index (χ3v) is 6.63. The van der Waals surface area contributed by atoms with E-state index in [0.29, 0.717) is 5.56 Å². The average Bonchev–Trinajstić information content (AvgIpc) is 3.26. The van der Waals surface area contributed by atoms with Crippen molar-refractivity contribution >= 4 is 32.8 Å². The second kappa shape index (κ2) is 7.28. The SMILES string of the molecule is NS(=O)(=O)Cc1ccc(C2=C(c3ccc(OC(F)(F)F)c(Cl)c3)CC3(CC3)C2)cc1. The zero-order chi connectivity index (χ0) is 21.7. The van der Waals surface area contributed by atoms with Crippen LogP contribution in [0.4, 0.5) is 13.2 Å². The fourth-order valence-electron chi connectivity index (χ4n) is 4.04. The summed E-state index contributed by atoms with van der Waals surface area (Å²) in [4.78, 5) is 0. The van der Waals surface area contributed by atoms with Crippen molar-refractivity contribution in [2.24, 2.45) is 10.6 Å². The molecule has 1 spiro atoms. The van der Waals surface area contributed by atoms with Crippen LogP contribution in [0.15, 0.2) is 42.5 Å². The van der Waals surface area contributed by atoms with E-state index in [1.54, 1.807) is 18.2 Å². The molecule has 4 nitrogen and oxygen atoms in total. The molecule has 2 aliphatic rings. The molecule has 0 bridgehead atoms. The first-order valence-electron chi connectivity index (χ1n) is 9.31. The van der Waals surface area contributed by atoms with Crippen LogP contribution in [0, 0.1) is 5.41 Å². The molecule has 1 saturated carbocycles. The highest BCUT2D eigenvalue weighted by Crippen LogP contribution is 2.63. The van der Waals surface area contributed by atoms with E-state index in [2.05, 4.69) is 4.74 Å². The molecule has 0 radical (unpaired) electrons. The van der Waals surface area contributed by atoms with Gasteiger partial charge in [0.15, 0.2) is 0 Å². The number of hydrogen-bond acceptors (Lipinski definition) is 3. The van der Waals surface area contributed by atoms with E-state index in [0.717, 1.165) is 48.0 Å². The third kappa shape index (κ3) is 4.82. The predicted molar refractivity (Wildman–Crippen MR) is 109 cm³/mol. The zero-order valence-electron chi connectivity index (χ0n) is 15.8. The van der Waals surface area contributed by atoms with Gasteiger partial charge >= 0.3 is 6.36 Å². The minimum Gasteiger partial charge on any atom is -0.404 e. The quantitative estimate of drug-likeness (QED) is 0.643. The number of alkyl halides is 3. The summed E-state index contributed by atoms with van der Waals surface area (Å²) in [6, 6.07) is 11.5. The molecule has 30 heavy (non-hydrogen) atoms. The molecule has 0 saturated heterocycles. The van der Waals surface area contributed by atoms with E-state index >= 15 is 0 Å². The molecule has 2 aliphatic carbocycles. The number of benzene rings is 2. The minimum absolute atomic E-state index is 0.100. The van der Waals surface area contributed by atoms with Crippen molar-refractivity contribution in [3.05, 3.63) is 64.2 Å². The second-order valence-electron chi connectivity index (χ2n) is 8.01. The molecule has 0 heterocycles. The normalized spacial score (nSPS) is 18.2. The highest BCUT2D eigenvalue weighted by atomic mass is 35.5. The highest BCUT2D eigenvalue weighted by Gasteiger charge is 2.48. The first kappa shape index (κ1) is 21.2. The van der Waals surface area contributed by atoms with Gasteiger partial charge in [0.05, 0.1) is 10.8 Å². The first-order chi connectivity index (χ1) is 13.9. The molecule has 1 fully saturated rings. The van der Waals surface area contributed by atoms with E-state index in [9.17, 15) is 21.6 Å². The summed E-state index contributed by atoms with van der Waals surface area (Å²) in [6.07, 6.45) is -0.898. The summed E-state index contributed by atoms with van der Waals surface area (Å²) in [5.74, 6) is -0.666. The van der Waals surface area contributed by atoms with Crippen molar-refractivity contribution in [2.75, 3.05) is 0 Å². The molecule has 9 heteroatoms. The lowest BCUT2D eigenvalue weighted by molar-refractivity contribution is -0.274. The van der Waals surface area contributed by atoms with Crippen LogP contribution in [0.1, 0.15) is 42.4 Å². The Labute approximate surface area is 177 Å². The number of halogens is 4. The third-order valence-electron chi connectivity index (χ3n) is 5.60. The Morgan fingerprint density at radius 3 is 2.07 bits per heavy atom. The van der Waals surface area contributed by atoms with Gasteiger partial charge in [-0.2, -0.15) is 0 Å². The fourth-order valence-corrected chi connectivity index (χ4v) is 4.92. The van der Waals surface area contributed by atoms with Crippen LogP contribution in [0.2, 0.25) is 5.02 Å². The molecule has 2 N–H and O–H groups in total. The number of primary sulfonamides is 1. The van der Waals surface area contributed by atoms with Crippen molar-refractivity contribution in [1.29, 1.82) is 0 Å². The largest absolute Gasteiger partial charge is 0.573 e. The average molecular weight is 458 g/mol. The maximum Gasteiger partial charge on any atom is 0.573 e. The summed E-state index contributed by atoms with van der Waals surface area (Å²) in [5, 5.41) is 5.00. The smallest absolute Gasteiger partial charge is 0.404 e. The molecule has 0 amide bonds. The van der Waals surface area contributed by atoms with Crippen LogP contribution >= 0.6 is 11.6 Å². The lowest BCUT2D eigenvalue weighted by atomic mass is 9.96. The zero-order valence-corrected chi connectivity index (χ0v) is 17.4. The molecule has 4 rings (SSSR count). The second-order valence-corrected chi connectivity index (χ2v) is 10.0. The predicted octanol–water partition coefficient (Wildman–Crippen LogP) is 5.51. The van der Waals surface area contributed by atoms with Gasteiger partial charge in [-0.25, -0.2) is 13.6 Å². The number of nitrogens with two attached hydrogens (primary N) is 1. The van der Waals surface area contributed by atoms with Gasteiger partial charge in [0.2, 0.25) is 10.0 Å². The van der Waals surface area contributed by atoms with Gasteiger partial charge in [-0.15, -0.1) is 13.2 Å². The van der Waals surface area contributed by atoms with E-state index in [1.807, 2.05) is 12.1 Å². The van der Waals surface area contributed by atoms with E-state index in [-0.39, 0.29) is 16.2 Å². The van der Waals surface area contributed by atoms with Crippen LogP contribution < -0.4 is 9.88 Å². The van der Waals surface area contributed by atoms with Gasteiger partial charge in [-0.1, -0.05) is 41.9 Å². The van der Waals surface area contributed by atoms with Gasteiger partial charge in [0.1, 0.15) is 5.75 Å². The van der Waals surface area contributed by atoms with E-state index in [1.165, 1.54) is 12.1 Å². The van der Waals surface area contributed by atoms with Crippen LogP contribution in [0.25, 0.3) is 11.1 Å². The lowest BCUT2D eigenvalue weighted by Gasteiger charge is -2.13. The number of allylic oxidation sites excluding steroid dienone is 2. The molecule has 160 valence electrons. The number of sulfonamides is 1. The van der Waals surface area contributed by atoms with Crippen molar-refractivity contribution < 1.29 is 26.3 Å². The van der Waals surface area contributed by atoms with Gasteiger partial charge in [0, 0.05) is 0 Å². The lowest BCUT2D eigenvalue weighted by Crippen LogP contribution is -2.17. The van der Waals surface area contributed by atoms with Crippen LogP contribution in [-0.4, -0.2) is 14.8 Å². The first-order valence-corrected chi connectivity index (χ1v) is 11.4. The number of ether oxygens (including phenoxy) is 1. The van der Waals surface area contributed by atoms with Crippen molar-refractivity contribution in [3.63, 3.8) is 0 Å². The Bertz CT molecular complexity index is 1120. The number of rotatable bonds is 5. The highest BCUT2D eigenvalue weighted by molar-refractivity contribution is 7.88. The Morgan fingerprint density at radius 1 is 1.00 bits per heavy atom. The summed E-state index contributed by atoms with van der Waals surface area (Å²) in [6.45, 7) is 0. The maximum atomic E-state index is 12.5. The Hall–Kier alpha value is -2.03. The van der Waals surface area contributed by atoms with Crippen molar-refractivity contribution in [2.45, 2.75) is 37.8 Å². The molecular weight excluding hydrogens is 439 g/mol. The van der Waals surface area contributed by atoms with Crippen LogP contribution in [-0.2, 0) is 15.8 Å². The topological polar surface area (TPSA) is 69.4 Å². The van der Waals surface area contributed by atoms with Crippen molar-refractivity contribution in [1.82, 2.24) is 0 Å². The van der Waals surface area contributed by atoms with Gasteiger partial charge in [-0.3, -0.25) is 0 Å². The number of hydrogen-bond donors (Lipinski definition) is 1. The Morgan fingerprint density at radius 2 is 1.57 bits per heavy atom. The molecule has 0 aliphatic heterocycles. The monoisotopic (exact) mass is 457 g/mol. The summed E-state index contributed by atoms with van der Waals surface area (Å²) >= 11 is 6.06.